The summed E-state index contributed by atoms with van der Waals surface area (Å²) >= 11 is 0. The van der Waals surface area contributed by atoms with Gasteiger partial charge in [-0.3, -0.25) is 9.69 Å². The van der Waals surface area contributed by atoms with Crippen molar-refractivity contribution in [3.8, 4) is 0 Å². The number of benzene rings is 1. The zero-order valence-corrected chi connectivity index (χ0v) is 13.3. The number of carbonyl (C=O) groups excluding carboxylic acids is 1. The van der Waals surface area contributed by atoms with Gasteiger partial charge in [0.05, 0.1) is 12.0 Å². The highest BCUT2D eigenvalue weighted by Gasteiger charge is 2.26. The summed E-state index contributed by atoms with van der Waals surface area (Å²) in [4.78, 5) is 14.9. The Morgan fingerprint density at radius 2 is 2.00 bits per heavy atom. The van der Waals surface area contributed by atoms with E-state index >= 15 is 0 Å². The number of likely N-dealkylation sites (tertiary alicyclic amines) is 1. The predicted octanol–water partition coefficient (Wildman–Crippen LogP) is 1.94. The quantitative estimate of drug-likeness (QED) is 0.873. The number of piperidine rings is 1. The highest BCUT2D eigenvalue weighted by Crippen LogP contribution is 2.24. The minimum Gasteiger partial charge on any atom is -0.354 e. The summed E-state index contributed by atoms with van der Waals surface area (Å²) in [5.74, 6) is 0.357. The summed E-state index contributed by atoms with van der Waals surface area (Å²) in [6, 6.07) is 10.9. The van der Waals surface area contributed by atoms with Gasteiger partial charge in [-0.05, 0) is 50.9 Å². The number of hydrogen-bond acceptors (Lipinski definition) is 3. The number of nitrogens with one attached hydrogen (secondary N) is 2. The van der Waals surface area contributed by atoms with Crippen LogP contribution in [0.1, 0.15) is 37.3 Å². The topological polar surface area (TPSA) is 44.4 Å². The molecule has 0 aliphatic carbocycles. The van der Waals surface area contributed by atoms with Crippen molar-refractivity contribution in [2.24, 2.45) is 5.92 Å². The lowest BCUT2D eigenvalue weighted by Crippen LogP contribution is -2.43. The van der Waals surface area contributed by atoms with Crippen molar-refractivity contribution >= 4 is 5.91 Å². The normalized spacial score (nSPS) is 24.1. The molecule has 2 fully saturated rings. The summed E-state index contributed by atoms with van der Waals surface area (Å²) in [5, 5.41) is 6.53. The third kappa shape index (κ3) is 3.87. The summed E-state index contributed by atoms with van der Waals surface area (Å²) in [6.07, 6.45) is 4.65. The van der Waals surface area contributed by atoms with Gasteiger partial charge in [-0.15, -0.1) is 0 Å². The molecular weight excluding hydrogens is 274 g/mol. The van der Waals surface area contributed by atoms with Crippen LogP contribution in [0.4, 0.5) is 0 Å². The second kappa shape index (κ2) is 7.75. The molecule has 4 nitrogen and oxygen atoms in total. The molecule has 2 aliphatic rings. The molecule has 1 aromatic rings. The SMILES string of the molecule is O=C(NCC(c1ccccc1)N1CCCC1)C1CCCNC1. The van der Waals surface area contributed by atoms with Crippen LogP contribution in [-0.4, -0.2) is 43.5 Å². The maximum Gasteiger partial charge on any atom is 0.224 e. The molecule has 0 bridgehead atoms. The Morgan fingerprint density at radius 3 is 2.68 bits per heavy atom. The van der Waals surface area contributed by atoms with Crippen molar-refractivity contribution in [2.75, 3.05) is 32.7 Å². The van der Waals surface area contributed by atoms with E-state index in [0.29, 0.717) is 6.04 Å². The first-order valence-corrected chi connectivity index (χ1v) is 8.62. The Balaban J connectivity index is 1.61. The zero-order valence-electron chi connectivity index (χ0n) is 13.3. The monoisotopic (exact) mass is 301 g/mol. The lowest BCUT2D eigenvalue weighted by Gasteiger charge is -2.29. The molecule has 2 aliphatic heterocycles. The number of carbonyl (C=O) groups is 1. The largest absolute Gasteiger partial charge is 0.354 e. The Kier molecular flexibility index (Phi) is 5.46. The minimum absolute atomic E-state index is 0.142. The van der Waals surface area contributed by atoms with E-state index < -0.39 is 0 Å². The van der Waals surface area contributed by atoms with Crippen LogP contribution in [0, 0.1) is 5.92 Å². The second-order valence-electron chi connectivity index (χ2n) is 6.46. The highest BCUT2D eigenvalue weighted by atomic mass is 16.1. The van der Waals surface area contributed by atoms with Crippen molar-refractivity contribution < 1.29 is 4.79 Å². The average Bonchev–Trinajstić information content (AvgIpc) is 3.11. The van der Waals surface area contributed by atoms with E-state index in [2.05, 4.69) is 45.9 Å². The standard InChI is InChI=1S/C18H27N3O/c22-18(16-9-6-10-19-13-16)20-14-17(21-11-4-5-12-21)15-7-2-1-3-8-15/h1-3,7-8,16-17,19H,4-6,9-14H2,(H,20,22). The van der Waals surface area contributed by atoms with E-state index in [9.17, 15) is 4.79 Å². The summed E-state index contributed by atoms with van der Waals surface area (Å²) in [7, 11) is 0. The Morgan fingerprint density at radius 1 is 1.23 bits per heavy atom. The fourth-order valence-corrected chi connectivity index (χ4v) is 3.60. The van der Waals surface area contributed by atoms with Crippen molar-refractivity contribution in [1.82, 2.24) is 15.5 Å². The van der Waals surface area contributed by atoms with Gasteiger partial charge in [0.2, 0.25) is 5.91 Å². The molecule has 0 aromatic heterocycles. The first-order chi connectivity index (χ1) is 10.8. The van der Waals surface area contributed by atoms with Gasteiger partial charge in [-0.1, -0.05) is 30.3 Å². The lowest BCUT2D eigenvalue weighted by molar-refractivity contribution is -0.125. The molecule has 2 unspecified atom stereocenters. The third-order valence-corrected chi connectivity index (χ3v) is 4.90. The number of nitrogens with zero attached hydrogens (tertiary/aromatic N) is 1. The fraction of sp³-hybridized carbons (Fsp3) is 0.611. The smallest absolute Gasteiger partial charge is 0.224 e. The van der Waals surface area contributed by atoms with Gasteiger partial charge in [0.1, 0.15) is 0 Å². The maximum atomic E-state index is 12.4. The van der Waals surface area contributed by atoms with Crippen molar-refractivity contribution in [1.29, 1.82) is 0 Å². The third-order valence-electron chi connectivity index (χ3n) is 4.90. The van der Waals surface area contributed by atoms with Crippen molar-refractivity contribution in [3.63, 3.8) is 0 Å². The van der Waals surface area contributed by atoms with Crippen LogP contribution < -0.4 is 10.6 Å². The lowest BCUT2D eigenvalue weighted by atomic mass is 9.98. The molecule has 0 saturated carbocycles. The van der Waals surface area contributed by atoms with E-state index in [4.69, 9.17) is 0 Å². The summed E-state index contributed by atoms with van der Waals surface area (Å²) in [6.45, 7) is 4.87. The van der Waals surface area contributed by atoms with E-state index in [-0.39, 0.29) is 11.8 Å². The molecule has 22 heavy (non-hydrogen) atoms. The fourth-order valence-electron chi connectivity index (χ4n) is 3.60. The molecular formula is C18H27N3O. The number of hydrogen-bond donors (Lipinski definition) is 2. The molecule has 0 spiro atoms. The van der Waals surface area contributed by atoms with Crippen LogP contribution in [0.3, 0.4) is 0 Å². The Hall–Kier alpha value is -1.39. The molecule has 0 radical (unpaired) electrons. The number of amides is 1. The van der Waals surface area contributed by atoms with Crippen molar-refractivity contribution in [3.05, 3.63) is 35.9 Å². The van der Waals surface area contributed by atoms with Crippen LogP contribution in [0.25, 0.3) is 0 Å². The van der Waals surface area contributed by atoms with Gasteiger partial charge in [-0.2, -0.15) is 0 Å². The Labute approximate surface area is 133 Å². The van der Waals surface area contributed by atoms with E-state index in [1.54, 1.807) is 0 Å². The molecule has 2 N–H and O–H groups in total. The average molecular weight is 301 g/mol. The van der Waals surface area contributed by atoms with Gasteiger partial charge in [0, 0.05) is 13.1 Å². The minimum atomic E-state index is 0.142. The maximum absolute atomic E-state index is 12.4. The molecule has 2 atom stereocenters. The molecule has 2 saturated heterocycles. The van der Waals surface area contributed by atoms with E-state index in [0.717, 1.165) is 45.6 Å². The molecule has 1 aromatic carbocycles. The van der Waals surface area contributed by atoms with Gasteiger partial charge < -0.3 is 10.6 Å². The molecule has 4 heteroatoms. The van der Waals surface area contributed by atoms with Crippen LogP contribution in [0.15, 0.2) is 30.3 Å². The summed E-state index contributed by atoms with van der Waals surface area (Å²) < 4.78 is 0. The van der Waals surface area contributed by atoms with Gasteiger partial charge in [0.25, 0.3) is 0 Å². The van der Waals surface area contributed by atoms with Gasteiger partial charge in [0.15, 0.2) is 0 Å². The second-order valence-corrected chi connectivity index (χ2v) is 6.46. The predicted molar refractivity (Wildman–Crippen MR) is 88.6 cm³/mol. The molecule has 1 amide bonds. The Bertz CT molecular complexity index is 464. The zero-order chi connectivity index (χ0) is 15.2. The first kappa shape index (κ1) is 15.5. The van der Waals surface area contributed by atoms with Crippen LogP contribution in [0.5, 0.6) is 0 Å². The molecule has 2 heterocycles. The van der Waals surface area contributed by atoms with Crippen LogP contribution >= 0.6 is 0 Å². The van der Waals surface area contributed by atoms with Crippen LogP contribution in [-0.2, 0) is 4.79 Å². The molecule has 120 valence electrons. The van der Waals surface area contributed by atoms with E-state index in [1.807, 2.05) is 0 Å². The van der Waals surface area contributed by atoms with Crippen molar-refractivity contribution in [2.45, 2.75) is 31.7 Å². The first-order valence-electron chi connectivity index (χ1n) is 8.62. The highest BCUT2D eigenvalue weighted by molar-refractivity contribution is 5.79. The van der Waals surface area contributed by atoms with Gasteiger partial charge >= 0.3 is 0 Å². The molecule has 3 rings (SSSR count). The van der Waals surface area contributed by atoms with Crippen LogP contribution in [0.2, 0.25) is 0 Å². The number of rotatable bonds is 5. The van der Waals surface area contributed by atoms with E-state index in [1.165, 1.54) is 18.4 Å². The van der Waals surface area contributed by atoms with Gasteiger partial charge in [-0.25, -0.2) is 0 Å². The summed E-state index contributed by atoms with van der Waals surface area (Å²) in [5.41, 5.74) is 1.31.